The van der Waals surface area contributed by atoms with Crippen molar-refractivity contribution < 1.29 is 8.42 Å². The molecule has 1 aromatic rings. The van der Waals surface area contributed by atoms with Crippen LogP contribution in [0.25, 0.3) is 0 Å². The van der Waals surface area contributed by atoms with E-state index >= 15 is 0 Å². The third kappa shape index (κ3) is 3.49. The molecular weight excluding hydrogens is 328 g/mol. The molecule has 19 heavy (non-hydrogen) atoms. The first-order chi connectivity index (χ1) is 9.01. The van der Waals surface area contributed by atoms with Gasteiger partial charge in [0.25, 0.3) is 0 Å². The van der Waals surface area contributed by atoms with Crippen molar-refractivity contribution in [3.63, 3.8) is 0 Å². The van der Waals surface area contributed by atoms with Gasteiger partial charge in [-0.25, -0.2) is 8.42 Å². The molecule has 1 heterocycles. The second kappa shape index (κ2) is 6.24. The van der Waals surface area contributed by atoms with Crippen LogP contribution < -0.4 is 5.73 Å². The van der Waals surface area contributed by atoms with Crippen LogP contribution in [-0.4, -0.2) is 25.8 Å². The zero-order valence-electron chi connectivity index (χ0n) is 10.8. The Kier molecular flexibility index (Phi) is 4.86. The summed E-state index contributed by atoms with van der Waals surface area (Å²) in [7, 11) is -3.48. The molecule has 0 bridgehead atoms. The molecule has 1 aliphatic rings. The fraction of sp³-hybridized carbons (Fsp3) is 0.538. The third-order valence-electron chi connectivity index (χ3n) is 3.41. The number of hydrogen-bond acceptors (Lipinski definition) is 3. The molecule has 1 aliphatic heterocycles. The first-order valence-electron chi connectivity index (χ1n) is 6.57. The number of anilines is 1. The van der Waals surface area contributed by atoms with Gasteiger partial charge in [-0.05, 0) is 31.0 Å². The van der Waals surface area contributed by atoms with Crippen LogP contribution in [0.2, 0.25) is 0 Å². The number of rotatable bonds is 2. The van der Waals surface area contributed by atoms with Crippen molar-refractivity contribution in [1.82, 2.24) is 4.31 Å². The lowest BCUT2D eigenvalue weighted by Crippen LogP contribution is -2.34. The summed E-state index contributed by atoms with van der Waals surface area (Å²) in [6, 6.07) is 4.96. The van der Waals surface area contributed by atoms with Crippen molar-refractivity contribution in [2.24, 2.45) is 0 Å². The van der Waals surface area contributed by atoms with Gasteiger partial charge in [-0.1, -0.05) is 35.2 Å². The van der Waals surface area contributed by atoms with Crippen LogP contribution >= 0.6 is 15.9 Å². The smallest absolute Gasteiger partial charge is 0.245 e. The molecule has 6 heteroatoms. The molecule has 0 atom stereocenters. The number of sulfonamides is 1. The molecule has 1 fully saturated rings. The van der Waals surface area contributed by atoms with E-state index in [1.807, 2.05) is 0 Å². The number of nitrogens with zero attached hydrogens (tertiary/aromatic N) is 1. The molecule has 0 aromatic heterocycles. The Balaban J connectivity index is 2.31. The van der Waals surface area contributed by atoms with Gasteiger partial charge < -0.3 is 5.73 Å². The van der Waals surface area contributed by atoms with Crippen LogP contribution in [0.4, 0.5) is 5.69 Å². The minimum atomic E-state index is -3.48. The lowest BCUT2D eigenvalue weighted by Gasteiger charge is -2.24. The van der Waals surface area contributed by atoms with E-state index in [2.05, 4.69) is 15.9 Å². The normalized spacial score (nSPS) is 18.8. The summed E-state index contributed by atoms with van der Waals surface area (Å²) >= 11 is 3.30. The summed E-state index contributed by atoms with van der Waals surface area (Å²) in [6.07, 6.45) is 5.24. The van der Waals surface area contributed by atoms with Crippen LogP contribution in [0.1, 0.15) is 32.1 Å². The summed E-state index contributed by atoms with van der Waals surface area (Å²) in [6.45, 7) is 1.18. The average molecular weight is 347 g/mol. The minimum Gasteiger partial charge on any atom is -0.398 e. The van der Waals surface area contributed by atoms with Gasteiger partial charge >= 0.3 is 0 Å². The Labute approximate surface area is 123 Å². The van der Waals surface area contributed by atoms with Gasteiger partial charge in [0.2, 0.25) is 10.0 Å². The largest absolute Gasteiger partial charge is 0.398 e. The number of nitrogen functional groups attached to an aromatic ring is 1. The molecule has 0 unspecified atom stereocenters. The van der Waals surface area contributed by atoms with Crippen molar-refractivity contribution in [3.05, 3.63) is 22.7 Å². The van der Waals surface area contributed by atoms with E-state index in [1.54, 1.807) is 22.5 Å². The predicted molar refractivity (Wildman–Crippen MR) is 80.4 cm³/mol. The van der Waals surface area contributed by atoms with E-state index in [1.165, 1.54) is 6.42 Å². The zero-order valence-corrected chi connectivity index (χ0v) is 13.2. The number of halogens is 1. The van der Waals surface area contributed by atoms with Crippen molar-refractivity contribution in [1.29, 1.82) is 0 Å². The maximum Gasteiger partial charge on any atom is 0.245 e. The van der Waals surface area contributed by atoms with Gasteiger partial charge in [0.05, 0.1) is 5.69 Å². The van der Waals surface area contributed by atoms with Gasteiger partial charge in [0.15, 0.2) is 0 Å². The van der Waals surface area contributed by atoms with E-state index in [4.69, 9.17) is 5.73 Å². The second-order valence-corrected chi connectivity index (χ2v) is 7.68. The Morgan fingerprint density at radius 2 is 1.63 bits per heavy atom. The van der Waals surface area contributed by atoms with Crippen LogP contribution in [0.3, 0.4) is 0 Å². The molecule has 2 rings (SSSR count). The van der Waals surface area contributed by atoms with Gasteiger partial charge in [0.1, 0.15) is 4.90 Å². The third-order valence-corrected chi connectivity index (χ3v) is 5.86. The topological polar surface area (TPSA) is 63.4 Å². The van der Waals surface area contributed by atoms with E-state index < -0.39 is 10.0 Å². The number of benzene rings is 1. The Hall–Kier alpha value is -0.590. The fourth-order valence-corrected chi connectivity index (χ4v) is 4.50. The first-order valence-corrected chi connectivity index (χ1v) is 8.80. The summed E-state index contributed by atoms with van der Waals surface area (Å²) in [5.41, 5.74) is 6.14. The maximum absolute atomic E-state index is 12.7. The lowest BCUT2D eigenvalue weighted by molar-refractivity contribution is 0.364. The SMILES string of the molecule is Nc1ccc(Br)cc1S(=O)(=O)N1CCCCCCC1. The highest BCUT2D eigenvalue weighted by molar-refractivity contribution is 9.10. The van der Waals surface area contributed by atoms with E-state index in [0.717, 1.165) is 30.2 Å². The number of hydrogen-bond donors (Lipinski definition) is 1. The van der Waals surface area contributed by atoms with E-state index in [-0.39, 0.29) is 4.90 Å². The van der Waals surface area contributed by atoms with Crippen molar-refractivity contribution >= 4 is 31.6 Å². The Morgan fingerprint density at radius 3 is 2.26 bits per heavy atom. The fourth-order valence-electron chi connectivity index (χ4n) is 2.33. The molecule has 0 radical (unpaired) electrons. The van der Waals surface area contributed by atoms with E-state index in [9.17, 15) is 8.42 Å². The molecule has 4 nitrogen and oxygen atoms in total. The lowest BCUT2D eigenvalue weighted by atomic mass is 10.1. The molecule has 106 valence electrons. The molecule has 2 N–H and O–H groups in total. The highest BCUT2D eigenvalue weighted by Gasteiger charge is 2.26. The van der Waals surface area contributed by atoms with Crippen LogP contribution in [0.5, 0.6) is 0 Å². The summed E-state index contributed by atoms with van der Waals surface area (Å²) in [5.74, 6) is 0. The average Bonchev–Trinajstić information content (AvgIpc) is 2.31. The molecule has 0 saturated carbocycles. The molecule has 0 spiro atoms. The predicted octanol–water partition coefficient (Wildman–Crippen LogP) is 2.99. The van der Waals surface area contributed by atoms with Crippen LogP contribution in [0, 0.1) is 0 Å². The highest BCUT2D eigenvalue weighted by atomic mass is 79.9. The zero-order chi connectivity index (χ0) is 13.9. The van der Waals surface area contributed by atoms with Crippen molar-refractivity contribution in [2.45, 2.75) is 37.0 Å². The standard InChI is InChI=1S/C13H19BrN2O2S/c14-11-6-7-12(15)13(10-11)19(17,18)16-8-4-2-1-3-5-9-16/h6-7,10H,1-5,8-9,15H2. The van der Waals surface area contributed by atoms with Crippen molar-refractivity contribution in [3.8, 4) is 0 Å². The van der Waals surface area contributed by atoms with Gasteiger partial charge in [-0.2, -0.15) is 4.31 Å². The quantitative estimate of drug-likeness (QED) is 0.837. The molecular formula is C13H19BrN2O2S. The van der Waals surface area contributed by atoms with Crippen LogP contribution in [-0.2, 0) is 10.0 Å². The Morgan fingerprint density at radius 1 is 1.05 bits per heavy atom. The summed E-state index contributed by atoms with van der Waals surface area (Å²) in [5, 5.41) is 0. The Bertz CT molecular complexity index is 538. The van der Waals surface area contributed by atoms with Gasteiger partial charge in [-0.3, -0.25) is 0 Å². The van der Waals surface area contributed by atoms with Gasteiger partial charge in [-0.15, -0.1) is 0 Å². The minimum absolute atomic E-state index is 0.211. The molecule has 1 aromatic carbocycles. The van der Waals surface area contributed by atoms with E-state index in [0.29, 0.717) is 18.8 Å². The highest BCUT2D eigenvalue weighted by Crippen LogP contribution is 2.27. The number of nitrogens with two attached hydrogens (primary N) is 1. The summed E-state index contributed by atoms with van der Waals surface area (Å²) < 4.78 is 27.6. The maximum atomic E-state index is 12.7. The second-order valence-electron chi connectivity index (χ2n) is 4.85. The molecule has 0 amide bonds. The van der Waals surface area contributed by atoms with Crippen molar-refractivity contribution in [2.75, 3.05) is 18.8 Å². The van der Waals surface area contributed by atoms with Gasteiger partial charge in [0, 0.05) is 17.6 Å². The monoisotopic (exact) mass is 346 g/mol. The summed E-state index contributed by atoms with van der Waals surface area (Å²) in [4.78, 5) is 0.211. The molecule has 0 aliphatic carbocycles. The van der Waals surface area contributed by atoms with Crippen LogP contribution in [0.15, 0.2) is 27.6 Å². The molecule has 1 saturated heterocycles. The first kappa shape index (κ1) is 14.8.